The van der Waals surface area contributed by atoms with E-state index in [0.29, 0.717) is 25.2 Å². The summed E-state index contributed by atoms with van der Waals surface area (Å²) in [5.41, 5.74) is 5.25. The van der Waals surface area contributed by atoms with E-state index < -0.39 is 0 Å². The van der Waals surface area contributed by atoms with E-state index in [-0.39, 0.29) is 29.7 Å². The van der Waals surface area contributed by atoms with Crippen molar-refractivity contribution in [3.8, 4) is 0 Å². The number of rotatable bonds is 10. The Morgan fingerprint density at radius 2 is 1.65 bits per heavy atom. The minimum Gasteiger partial charge on any atom is -0.361 e. The summed E-state index contributed by atoms with van der Waals surface area (Å²) in [6, 6.07) is 24.1. The quantitative estimate of drug-likeness (QED) is 0.203. The maximum Gasteiger partial charge on any atom is 0.254 e. The number of amides is 2. The minimum absolute atomic E-state index is 0.0392. The zero-order chi connectivity index (χ0) is 28.9. The number of halogens is 1. The van der Waals surface area contributed by atoms with Gasteiger partial charge in [0.25, 0.3) is 5.91 Å². The van der Waals surface area contributed by atoms with Crippen LogP contribution in [-0.2, 0) is 23.2 Å². The van der Waals surface area contributed by atoms with Crippen LogP contribution in [0.15, 0.2) is 83.5 Å². The molecule has 0 fully saturated rings. The normalized spacial score (nSPS) is 11.7. The Morgan fingerprint density at radius 3 is 2.33 bits per heavy atom. The van der Waals surface area contributed by atoms with Gasteiger partial charge in [0.15, 0.2) is 0 Å². The maximum atomic E-state index is 13.9. The molecule has 40 heavy (non-hydrogen) atoms. The highest BCUT2D eigenvalue weighted by atomic mass is 79.9. The highest BCUT2D eigenvalue weighted by molar-refractivity contribution is 9.10. The Balaban J connectivity index is 1.57. The van der Waals surface area contributed by atoms with E-state index in [1.54, 1.807) is 11.0 Å². The third-order valence-electron chi connectivity index (χ3n) is 7.14. The largest absolute Gasteiger partial charge is 0.361 e. The van der Waals surface area contributed by atoms with Crippen LogP contribution in [0.1, 0.15) is 61.7 Å². The summed E-state index contributed by atoms with van der Waals surface area (Å²) in [7, 11) is 0. The molecule has 210 valence electrons. The molecule has 2 amide bonds. The molecular weight excluding hydrogens is 562 g/mol. The number of nitrogens with one attached hydrogen (secondary N) is 1. The molecule has 0 spiro atoms. The van der Waals surface area contributed by atoms with Gasteiger partial charge in [-0.15, -0.1) is 0 Å². The number of aromatic nitrogens is 1. The number of carbonyl (C=O) groups excluding carboxylic acids is 2. The van der Waals surface area contributed by atoms with Gasteiger partial charge in [0.2, 0.25) is 5.91 Å². The first kappa shape index (κ1) is 29.6. The Kier molecular flexibility index (Phi) is 9.52. The fourth-order valence-corrected chi connectivity index (χ4v) is 5.34. The van der Waals surface area contributed by atoms with Crippen LogP contribution in [-0.4, -0.2) is 46.2 Å². The van der Waals surface area contributed by atoms with Crippen LogP contribution in [0.5, 0.6) is 0 Å². The van der Waals surface area contributed by atoms with Crippen LogP contribution in [0.2, 0.25) is 0 Å². The first-order valence-corrected chi connectivity index (χ1v) is 14.8. The van der Waals surface area contributed by atoms with Gasteiger partial charge in [-0.05, 0) is 58.7 Å². The zero-order valence-electron chi connectivity index (χ0n) is 24.2. The van der Waals surface area contributed by atoms with Crippen LogP contribution in [0.3, 0.4) is 0 Å². The number of fused-ring (bicyclic) bond motifs is 1. The minimum atomic E-state index is -0.130. The summed E-state index contributed by atoms with van der Waals surface area (Å²) in [4.78, 5) is 34.3. The lowest BCUT2D eigenvalue weighted by Crippen LogP contribution is -2.44. The van der Waals surface area contributed by atoms with Crippen molar-refractivity contribution in [2.45, 2.75) is 53.0 Å². The molecule has 1 heterocycles. The predicted octanol–water partition coefficient (Wildman–Crippen LogP) is 7.60. The van der Waals surface area contributed by atoms with E-state index in [9.17, 15) is 9.59 Å². The SMILES string of the molecule is CC(C)CN(CC(=O)N(CCc1c[nH]c2ccccc12)Cc1ccc(C(C)(C)C)cc1)C(=O)c1cccc(Br)c1. The number of benzene rings is 3. The highest BCUT2D eigenvalue weighted by Crippen LogP contribution is 2.23. The van der Waals surface area contributed by atoms with Gasteiger partial charge in [0.05, 0.1) is 0 Å². The van der Waals surface area contributed by atoms with E-state index >= 15 is 0 Å². The van der Waals surface area contributed by atoms with Crippen molar-refractivity contribution in [2.75, 3.05) is 19.6 Å². The molecule has 0 saturated carbocycles. The monoisotopic (exact) mass is 601 g/mol. The van der Waals surface area contributed by atoms with Crippen molar-refractivity contribution in [3.63, 3.8) is 0 Å². The lowest BCUT2D eigenvalue weighted by atomic mass is 9.87. The van der Waals surface area contributed by atoms with Crippen LogP contribution >= 0.6 is 15.9 Å². The number of nitrogens with zero attached hydrogens (tertiary/aromatic N) is 2. The highest BCUT2D eigenvalue weighted by Gasteiger charge is 2.24. The molecule has 0 aliphatic heterocycles. The fraction of sp³-hybridized carbons (Fsp3) is 0.353. The summed E-state index contributed by atoms with van der Waals surface area (Å²) in [6.07, 6.45) is 2.76. The van der Waals surface area contributed by atoms with Gasteiger partial charge < -0.3 is 14.8 Å². The molecule has 6 heteroatoms. The second kappa shape index (κ2) is 12.9. The van der Waals surface area contributed by atoms with Gasteiger partial charge in [0, 0.05) is 46.8 Å². The standard InChI is InChI=1S/C34H40BrN3O2/c1-24(2)21-38(33(40)26-9-8-10-29(35)19-26)23-32(39)37(22-25-13-15-28(16-14-25)34(3,4)5)18-17-27-20-36-31-12-7-6-11-30(27)31/h6-16,19-20,24,36H,17-18,21-23H2,1-5H3. The average molecular weight is 603 g/mol. The topological polar surface area (TPSA) is 56.4 Å². The molecule has 0 atom stereocenters. The number of hydrogen-bond donors (Lipinski definition) is 1. The van der Waals surface area contributed by atoms with Gasteiger partial charge in [-0.3, -0.25) is 9.59 Å². The number of carbonyl (C=O) groups is 2. The van der Waals surface area contributed by atoms with E-state index in [0.717, 1.165) is 22.0 Å². The Hall–Kier alpha value is -3.38. The van der Waals surface area contributed by atoms with Gasteiger partial charge in [-0.2, -0.15) is 0 Å². The number of aromatic amines is 1. The molecule has 0 aliphatic rings. The summed E-state index contributed by atoms with van der Waals surface area (Å²) < 4.78 is 0.841. The molecule has 4 rings (SSSR count). The third-order valence-corrected chi connectivity index (χ3v) is 7.64. The first-order chi connectivity index (χ1) is 19.0. The lowest BCUT2D eigenvalue weighted by Gasteiger charge is -2.29. The van der Waals surface area contributed by atoms with E-state index in [4.69, 9.17) is 0 Å². The van der Waals surface area contributed by atoms with Gasteiger partial charge in [-0.25, -0.2) is 0 Å². The fourth-order valence-electron chi connectivity index (χ4n) is 4.94. The van der Waals surface area contributed by atoms with E-state index in [1.165, 1.54) is 16.5 Å². The van der Waals surface area contributed by atoms with Crippen molar-refractivity contribution in [3.05, 3.63) is 106 Å². The number of H-pyrrole nitrogens is 1. The van der Waals surface area contributed by atoms with Crippen molar-refractivity contribution < 1.29 is 9.59 Å². The van der Waals surface area contributed by atoms with Crippen molar-refractivity contribution in [1.29, 1.82) is 0 Å². The summed E-state index contributed by atoms with van der Waals surface area (Å²) in [5, 5.41) is 1.18. The molecule has 0 saturated heterocycles. The average Bonchev–Trinajstić information content (AvgIpc) is 3.32. The summed E-state index contributed by atoms with van der Waals surface area (Å²) in [6.45, 7) is 12.3. The Labute approximate surface area is 246 Å². The van der Waals surface area contributed by atoms with E-state index in [1.807, 2.05) is 41.4 Å². The van der Waals surface area contributed by atoms with E-state index in [2.05, 4.69) is 91.9 Å². The number of para-hydroxylation sites is 1. The summed E-state index contributed by atoms with van der Waals surface area (Å²) in [5.74, 6) is 0.0479. The molecule has 0 unspecified atom stereocenters. The molecule has 4 aromatic rings. The van der Waals surface area contributed by atoms with Gasteiger partial charge >= 0.3 is 0 Å². The summed E-state index contributed by atoms with van der Waals surface area (Å²) >= 11 is 3.47. The number of hydrogen-bond acceptors (Lipinski definition) is 2. The molecule has 3 aromatic carbocycles. The molecule has 1 aromatic heterocycles. The molecule has 5 nitrogen and oxygen atoms in total. The predicted molar refractivity (Wildman–Crippen MR) is 167 cm³/mol. The van der Waals surface area contributed by atoms with Gasteiger partial charge in [0.1, 0.15) is 6.54 Å². The Bertz CT molecular complexity index is 1450. The molecule has 0 radical (unpaired) electrons. The smallest absolute Gasteiger partial charge is 0.254 e. The second-order valence-corrected chi connectivity index (χ2v) is 12.9. The van der Waals surface area contributed by atoms with Crippen molar-refractivity contribution in [1.82, 2.24) is 14.8 Å². The molecule has 0 bridgehead atoms. The maximum absolute atomic E-state index is 13.9. The van der Waals surface area contributed by atoms with Crippen molar-refractivity contribution >= 4 is 38.6 Å². The van der Waals surface area contributed by atoms with Gasteiger partial charge in [-0.1, -0.05) is 99.1 Å². The second-order valence-electron chi connectivity index (χ2n) is 12.0. The van der Waals surface area contributed by atoms with Crippen LogP contribution in [0, 0.1) is 5.92 Å². The first-order valence-electron chi connectivity index (χ1n) is 14.0. The Morgan fingerprint density at radius 1 is 0.925 bits per heavy atom. The molecular formula is C34H40BrN3O2. The third kappa shape index (κ3) is 7.63. The molecule has 0 aliphatic carbocycles. The van der Waals surface area contributed by atoms with Crippen molar-refractivity contribution in [2.24, 2.45) is 5.92 Å². The van der Waals surface area contributed by atoms with Crippen LogP contribution in [0.4, 0.5) is 0 Å². The van der Waals surface area contributed by atoms with Crippen LogP contribution in [0.25, 0.3) is 10.9 Å². The lowest BCUT2D eigenvalue weighted by molar-refractivity contribution is -0.132. The molecule has 1 N–H and O–H groups in total. The zero-order valence-corrected chi connectivity index (χ0v) is 25.8. The van der Waals surface area contributed by atoms with Crippen LogP contribution < -0.4 is 0 Å².